The zero-order valence-electron chi connectivity index (χ0n) is 18.4. The van der Waals surface area contributed by atoms with Crippen molar-refractivity contribution in [2.24, 2.45) is 17.3 Å². The molecule has 0 heterocycles. The number of fused-ring (bicyclic) bond motifs is 2. The molecule has 160 valence electrons. The Kier molecular flexibility index (Phi) is 6.48. The van der Waals surface area contributed by atoms with E-state index in [9.17, 15) is 0 Å². The van der Waals surface area contributed by atoms with Crippen molar-refractivity contribution in [3.05, 3.63) is 72.3 Å². The third kappa shape index (κ3) is 4.57. The molecule has 1 saturated carbocycles. The Bertz CT molecular complexity index is 829. The third-order valence-electron chi connectivity index (χ3n) is 6.93. The molecule has 5 atom stereocenters. The normalized spacial score (nSPS) is 26.5. The number of benzene rings is 2. The molecule has 3 nitrogen and oxygen atoms in total. The second-order valence-electron chi connectivity index (χ2n) is 9.06. The molecule has 2 bridgehead atoms. The summed E-state index contributed by atoms with van der Waals surface area (Å²) < 4.78 is 18.6. The lowest BCUT2D eigenvalue weighted by atomic mass is 9.77. The highest BCUT2D eigenvalue weighted by Gasteiger charge is 2.51. The molecule has 30 heavy (non-hydrogen) atoms. The van der Waals surface area contributed by atoms with Crippen LogP contribution in [-0.2, 0) is 4.74 Å². The van der Waals surface area contributed by atoms with Gasteiger partial charge in [0.1, 0.15) is 18.1 Å². The second kappa shape index (κ2) is 9.26. The van der Waals surface area contributed by atoms with Crippen molar-refractivity contribution >= 4 is 0 Å². The second-order valence-corrected chi connectivity index (χ2v) is 9.06. The number of allylic oxidation sites excluding steroid dienone is 2. The van der Waals surface area contributed by atoms with Gasteiger partial charge >= 0.3 is 0 Å². The molecule has 0 radical (unpaired) electrons. The Labute approximate surface area is 181 Å². The minimum atomic E-state index is -0.286. The van der Waals surface area contributed by atoms with Gasteiger partial charge in [-0.2, -0.15) is 0 Å². The number of ether oxygens (including phenoxy) is 3. The molecule has 5 unspecified atom stereocenters. The highest BCUT2D eigenvalue weighted by Crippen LogP contribution is 2.54. The quantitative estimate of drug-likeness (QED) is 0.253. The maximum absolute atomic E-state index is 6.46. The Morgan fingerprint density at radius 3 is 2.37 bits per heavy atom. The topological polar surface area (TPSA) is 27.7 Å². The fraction of sp³-hybridized carbons (Fsp3) is 0.481. The zero-order valence-corrected chi connectivity index (χ0v) is 18.4. The molecule has 0 spiro atoms. The molecule has 4 rings (SSSR count). The minimum absolute atomic E-state index is 0.0124. The monoisotopic (exact) mass is 406 g/mol. The first-order valence-electron chi connectivity index (χ1n) is 11.3. The summed E-state index contributed by atoms with van der Waals surface area (Å²) in [5.41, 5.74) is 1.34. The van der Waals surface area contributed by atoms with Crippen molar-refractivity contribution in [3.8, 4) is 11.5 Å². The highest BCUT2D eigenvalue weighted by atomic mass is 16.7. The van der Waals surface area contributed by atoms with Crippen LogP contribution >= 0.6 is 0 Å². The molecule has 2 aliphatic rings. The van der Waals surface area contributed by atoms with Gasteiger partial charge in [0.25, 0.3) is 0 Å². The van der Waals surface area contributed by atoms with Gasteiger partial charge in [-0.3, -0.25) is 0 Å². The van der Waals surface area contributed by atoms with Crippen LogP contribution in [-0.4, -0.2) is 19.5 Å². The van der Waals surface area contributed by atoms with Crippen LogP contribution in [0.25, 0.3) is 0 Å². The first kappa shape index (κ1) is 21.0. The molecule has 1 fully saturated rings. The Balaban J connectivity index is 1.42. The van der Waals surface area contributed by atoms with E-state index in [1.165, 1.54) is 12.0 Å². The summed E-state index contributed by atoms with van der Waals surface area (Å²) in [6.45, 7) is 7.81. The highest BCUT2D eigenvalue weighted by molar-refractivity contribution is 5.29. The van der Waals surface area contributed by atoms with E-state index < -0.39 is 0 Å². The fourth-order valence-corrected chi connectivity index (χ4v) is 4.83. The molecule has 2 aromatic rings. The Morgan fingerprint density at radius 1 is 0.967 bits per heavy atom. The van der Waals surface area contributed by atoms with Crippen LogP contribution in [0.2, 0.25) is 0 Å². The minimum Gasteiger partial charge on any atom is -0.491 e. The van der Waals surface area contributed by atoms with Gasteiger partial charge in [0.15, 0.2) is 0 Å². The first-order chi connectivity index (χ1) is 14.6. The first-order valence-corrected chi connectivity index (χ1v) is 11.3. The summed E-state index contributed by atoms with van der Waals surface area (Å²) in [7, 11) is 0. The number of hydrogen-bond acceptors (Lipinski definition) is 3. The van der Waals surface area contributed by atoms with Crippen molar-refractivity contribution in [3.63, 3.8) is 0 Å². The summed E-state index contributed by atoms with van der Waals surface area (Å²) >= 11 is 0. The van der Waals surface area contributed by atoms with E-state index in [-0.39, 0.29) is 11.7 Å². The average molecular weight is 407 g/mol. The largest absolute Gasteiger partial charge is 0.491 e. The molecule has 3 heteroatoms. The van der Waals surface area contributed by atoms with Crippen LogP contribution in [0.3, 0.4) is 0 Å². The Morgan fingerprint density at radius 2 is 1.73 bits per heavy atom. The van der Waals surface area contributed by atoms with Crippen LogP contribution in [0.5, 0.6) is 11.5 Å². The maximum Gasteiger partial charge on any atom is 0.205 e. The zero-order chi connectivity index (χ0) is 21.0. The molecule has 2 aliphatic carbocycles. The van der Waals surface area contributed by atoms with Gasteiger partial charge in [0.2, 0.25) is 6.29 Å². The van der Waals surface area contributed by atoms with E-state index in [1.54, 1.807) is 0 Å². The van der Waals surface area contributed by atoms with E-state index in [0.29, 0.717) is 31.0 Å². The van der Waals surface area contributed by atoms with Gasteiger partial charge in [0.05, 0.1) is 6.61 Å². The smallest absolute Gasteiger partial charge is 0.205 e. The predicted molar refractivity (Wildman–Crippen MR) is 121 cm³/mol. The van der Waals surface area contributed by atoms with Gasteiger partial charge in [0, 0.05) is 5.41 Å². The third-order valence-corrected chi connectivity index (χ3v) is 6.93. The summed E-state index contributed by atoms with van der Waals surface area (Å²) in [6, 6.07) is 18.4. The van der Waals surface area contributed by atoms with Crippen molar-refractivity contribution < 1.29 is 14.2 Å². The van der Waals surface area contributed by atoms with Gasteiger partial charge in [-0.25, -0.2) is 0 Å². The van der Waals surface area contributed by atoms with Gasteiger partial charge in [-0.15, -0.1) is 0 Å². The molecular weight excluding hydrogens is 372 g/mol. The summed E-state index contributed by atoms with van der Waals surface area (Å²) in [5.74, 6) is 3.48. The van der Waals surface area contributed by atoms with E-state index in [1.807, 2.05) is 30.3 Å². The molecular formula is C27H34O3. The fourth-order valence-electron chi connectivity index (χ4n) is 4.83. The van der Waals surface area contributed by atoms with E-state index in [2.05, 4.69) is 57.2 Å². The Hall–Kier alpha value is -2.26. The van der Waals surface area contributed by atoms with E-state index in [0.717, 1.165) is 24.3 Å². The molecule has 0 aliphatic heterocycles. The van der Waals surface area contributed by atoms with Crippen molar-refractivity contribution in [1.82, 2.24) is 0 Å². The van der Waals surface area contributed by atoms with E-state index in [4.69, 9.17) is 14.2 Å². The summed E-state index contributed by atoms with van der Waals surface area (Å²) in [4.78, 5) is 0. The van der Waals surface area contributed by atoms with Crippen LogP contribution < -0.4 is 9.47 Å². The number of para-hydroxylation sites is 1. The summed E-state index contributed by atoms with van der Waals surface area (Å²) in [6.07, 6.45) is 7.91. The van der Waals surface area contributed by atoms with Crippen molar-refractivity contribution in [2.75, 3.05) is 13.2 Å². The maximum atomic E-state index is 6.46. The SMILES string of the molecule is CCC(C)c1ccc(OC(OCCOc2ccccc2)C2(C)CC3C=CC2C3)cc1. The molecule has 0 aromatic heterocycles. The van der Waals surface area contributed by atoms with Crippen LogP contribution in [0.4, 0.5) is 0 Å². The summed E-state index contributed by atoms with van der Waals surface area (Å²) in [5, 5.41) is 0. The lowest BCUT2D eigenvalue weighted by Gasteiger charge is -2.38. The lowest BCUT2D eigenvalue weighted by molar-refractivity contribution is -0.164. The molecule has 0 saturated heterocycles. The van der Waals surface area contributed by atoms with Crippen molar-refractivity contribution in [2.45, 2.75) is 52.2 Å². The van der Waals surface area contributed by atoms with Gasteiger partial charge < -0.3 is 14.2 Å². The van der Waals surface area contributed by atoms with Gasteiger partial charge in [-0.1, -0.05) is 63.3 Å². The lowest BCUT2D eigenvalue weighted by Crippen LogP contribution is -2.42. The standard InChI is InChI=1S/C27H34O3/c1-4-20(2)22-11-14-25(15-12-22)30-26(27(3)19-21-10-13-23(27)18-21)29-17-16-28-24-8-6-5-7-9-24/h5-15,20-21,23,26H,4,16-19H2,1-3H3. The van der Waals surface area contributed by atoms with Crippen LogP contribution in [0, 0.1) is 17.3 Å². The predicted octanol–water partition coefficient (Wildman–Crippen LogP) is 6.60. The molecule has 0 N–H and O–H groups in total. The number of rotatable bonds is 10. The van der Waals surface area contributed by atoms with Crippen molar-refractivity contribution in [1.29, 1.82) is 0 Å². The molecule has 2 aromatic carbocycles. The average Bonchev–Trinajstić information content (AvgIpc) is 3.37. The van der Waals surface area contributed by atoms with Crippen LogP contribution in [0.15, 0.2) is 66.7 Å². The number of hydrogen-bond donors (Lipinski definition) is 0. The van der Waals surface area contributed by atoms with Gasteiger partial charge in [-0.05, 0) is 66.8 Å². The molecule has 0 amide bonds. The van der Waals surface area contributed by atoms with Crippen LogP contribution in [0.1, 0.15) is 51.5 Å². The van der Waals surface area contributed by atoms with E-state index >= 15 is 0 Å².